The fourth-order valence-electron chi connectivity index (χ4n) is 4.35. The van der Waals surface area contributed by atoms with E-state index in [1.807, 2.05) is 54.6 Å². The summed E-state index contributed by atoms with van der Waals surface area (Å²) in [6.45, 7) is 7.19. The van der Waals surface area contributed by atoms with Crippen molar-refractivity contribution < 1.29 is 14.7 Å². The molecule has 3 aromatic rings. The van der Waals surface area contributed by atoms with Crippen molar-refractivity contribution >= 4 is 50.5 Å². The number of hydrogen-bond acceptors (Lipinski definition) is 4. The van der Waals surface area contributed by atoms with Gasteiger partial charge in [-0.05, 0) is 66.5 Å². The first-order valence-corrected chi connectivity index (χ1v) is 12.9. The molecule has 36 heavy (non-hydrogen) atoms. The molecule has 3 N–H and O–H groups in total. The largest absolute Gasteiger partial charge is 0.481 e. The molecule has 186 valence electrons. The average Bonchev–Trinajstić information content (AvgIpc) is 3.20. The average molecular weight is 548 g/mol. The maximum Gasteiger partial charge on any atom is 0.303 e. The quantitative estimate of drug-likeness (QED) is 0.262. The maximum atomic E-state index is 13.2. The van der Waals surface area contributed by atoms with E-state index in [0.717, 1.165) is 52.2 Å². The molecule has 6 nitrogen and oxygen atoms in total. The zero-order chi connectivity index (χ0) is 25.7. The normalized spacial score (nSPS) is 13.9. The molecule has 0 aliphatic carbocycles. The summed E-state index contributed by atoms with van der Waals surface area (Å²) in [4.78, 5) is 26.6. The van der Waals surface area contributed by atoms with Crippen LogP contribution >= 0.6 is 15.9 Å². The zero-order valence-corrected chi connectivity index (χ0v) is 22.1. The van der Waals surface area contributed by atoms with Crippen LogP contribution in [-0.4, -0.2) is 35.0 Å². The van der Waals surface area contributed by atoms with Gasteiger partial charge in [0.15, 0.2) is 0 Å². The first-order valence-electron chi connectivity index (χ1n) is 12.1. The first kappa shape index (κ1) is 25.7. The lowest BCUT2D eigenvalue weighted by molar-refractivity contribution is -0.137. The van der Waals surface area contributed by atoms with E-state index < -0.39 is 5.97 Å². The van der Waals surface area contributed by atoms with Crippen molar-refractivity contribution in [1.82, 2.24) is 4.90 Å². The van der Waals surface area contributed by atoms with Gasteiger partial charge in [-0.25, -0.2) is 0 Å². The second-order valence-electron chi connectivity index (χ2n) is 8.77. The summed E-state index contributed by atoms with van der Waals surface area (Å²) in [6.07, 6.45) is 0.468. The predicted octanol–water partition coefficient (Wildman–Crippen LogP) is 6.24. The molecule has 0 aromatic heterocycles. The number of carboxylic acids is 1. The fourth-order valence-corrected chi connectivity index (χ4v) is 4.71. The van der Waals surface area contributed by atoms with Gasteiger partial charge >= 0.3 is 5.97 Å². The third-order valence-corrected chi connectivity index (χ3v) is 6.84. The van der Waals surface area contributed by atoms with Crippen LogP contribution in [0, 0.1) is 0 Å². The van der Waals surface area contributed by atoms with E-state index in [2.05, 4.69) is 57.4 Å². The number of nitrogens with one attached hydrogen (secondary N) is 2. The summed E-state index contributed by atoms with van der Waals surface area (Å²) in [5, 5.41) is 15.6. The Labute approximate surface area is 220 Å². The number of halogens is 1. The number of nitrogens with zero attached hydrogens (tertiary/aromatic N) is 1. The second kappa shape index (κ2) is 11.5. The minimum Gasteiger partial charge on any atom is -0.481 e. The van der Waals surface area contributed by atoms with Crippen LogP contribution in [0.15, 0.2) is 71.2 Å². The highest BCUT2D eigenvalue weighted by atomic mass is 79.9. The molecule has 1 aliphatic heterocycles. The molecule has 7 heteroatoms. The van der Waals surface area contributed by atoms with Gasteiger partial charge in [0, 0.05) is 28.7 Å². The number of rotatable bonds is 10. The van der Waals surface area contributed by atoms with E-state index in [4.69, 9.17) is 5.11 Å². The molecule has 0 spiro atoms. The molecule has 4 rings (SSSR count). The molecule has 3 aromatic carbocycles. The minimum atomic E-state index is -0.836. The molecule has 0 radical (unpaired) electrons. The SMILES string of the molecule is CCN(CC)Cc1ccc(NC(=C2C(=O)Nc3cc(Br)ccc32)c2cccc(CCC(=O)O)c2)cc1. The third kappa shape index (κ3) is 6.04. The Kier molecular flexibility index (Phi) is 8.23. The van der Waals surface area contributed by atoms with E-state index >= 15 is 0 Å². The molecular formula is C29H30BrN3O3. The van der Waals surface area contributed by atoms with E-state index in [9.17, 15) is 9.59 Å². The molecule has 0 bridgehead atoms. The van der Waals surface area contributed by atoms with Crippen LogP contribution in [-0.2, 0) is 22.6 Å². The Morgan fingerprint density at radius 1 is 1.00 bits per heavy atom. The van der Waals surface area contributed by atoms with Crippen LogP contribution in [0.3, 0.4) is 0 Å². The van der Waals surface area contributed by atoms with Crippen LogP contribution in [0.1, 0.15) is 42.5 Å². The van der Waals surface area contributed by atoms with Gasteiger partial charge < -0.3 is 15.7 Å². The number of anilines is 2. The summed E-state index contributed by atoms with van der Waals surface area (Å²) in [5.74, 6) is -1.02. The van der Waals surface area contributed by atoms with Crippen LogP contribution in [0.5, 0.6) is 0 Å². The molecule has 0 saturated heterocycles. The van der Waals surface area contributed by atoms with Crippen molar-refractivity contribution in [1.29, 1.82) is 0 Å². The lowest BCUT2D eigenvalue weighted by atomic mass is 9.97. The molecule has 1 aliphatic rings. The highest BCUT2D eigenvalue weighted by Crippen LogP contribution is 2.39. The Morgan fingerprint density at radius 3 is 2.44 bits per heavy atom. The van der Waals surface area contributed by atoms with Gasteiger partial charge in [0.2, 0.25) is 0 Å². The highest BCUT2D eigenvalue weighted by Gasteiger charge is 2.28. The number of aryl methyl sites for hydroxylation is 1. The monoisotopic (exact) mass is 547 g/mol. The van der Waals surface area contributed by atoms with Crippen molar-refractivity contribution in [3.8, 4) is 0 Å². The van der Waals surface area contributed by atoms with Crippen molar-refractivity contribution in [3.05, 3.63) is 93.5 Å². The van der Waals surface area contributed by atoms with Gasteiger partial charge in [0.25, 0.3) is 5.91 Å². The Morgan fingerprint density at radius 2 is 1.75 bits per heavy atom. The number of carboxylic acid groups (broad SMARTS) is 1. The number of aliphatic carboxylic acids is 1. The van der Waals surface area contributed by atoms with Crippen LogP contribution in [0.4, 0.5) is 11.4 Å². The maximum absolute atomic E-state index is 13.2. The van der Waals surface area contributed by atoms with E-state index in [0.29, 0.717) is 17.7 Å². The van der Waals surface area contributed by atoms with Crippen LogP contribution in [0.2, 0.25) is 0 Å². The molecule has 0 fully saturated rings. The second-order valence-corrected chi connectivity index (χ2v) is 9.69. The van der Waals surface area contributed by atoms with Crippen LogP contribution < -0.4 is 10.6 Å². The van der Waals surface area contributed by atoms with Crippen LogP contribution in [0.25, 0.3) is 11.3 Å². The van der Waals surface area contributed by atoms with Gasteiger partial charge in [-0.2, -0.15) is 0 Å². The van der Waals surface area contributed by atoms with Gasteiger partial charge in [-0.1, -0.05) is 66.2 Å². The number of fused-ring (bicyclic) bond motifs is 1. The van der Waals surface area contributed by atoms with Gasteiger partial charge in [0.1, 0.15) is 0 Å². The van der Waals surface area contributed by atoms with E-state index in [1.54, 1.807) is 0 Å². The Balaban J connectivity index is 1.74. The number of amides is 1. The topological polar surface area (TPSA) is 81.7 Å². The molecule has 0 saturated carbocycles. The predicted molar refractivity (Wildman–Crippen MR) is 149 cm³/mol. The lowest BCUT2D eigenvalue weighted by Crippen LogP contribution is -2.22. The van der Waals surface area contributed by atoms with Gasteiger partial charge in [-0.3, -0.25) is 14.5 Å². The number of benzene rings is 3. The summed E-state index contributed by atoms with van der Waals surface area (Å²) >= 11 is 3.48. The van der Waals surface area contributed by atoms with Gasteiger partial charge in [0.05, 0.1) is 17.0 Å². The van der Waals surface area contributed by atoms with Crippen molar-refractivity contribution in [2.75, 3.05) is 23.7 Å². The number of carbonyl (C=O) groups is 2. The molecule has 1 amide bonds. The number of carbonyl (C=O) groups excluding carboxylic acids is 1. The van der Waals surface area contributed by atoms with Gasteiger partial charge in [-0.15, -0.1) is 0 Å². The summed E-state index contributed by atoms with van der Waals surface area (Å²) < 4.78 is 0.886. The summed E-state index contributed by atoms with van der Waals surface area (Å²) in [5.41, 5.74) is 6.63. The van der Waals surface area contributed by atoms with Crippen molar-refractivity contribution in [2.24, 2.45) is 0 Å². The summed E-state index contributed by atoms with van der Waals surface area (Å²) in [7, 11) is 0. The fraction of sp³-hybridized carbons (Fsp3) is 0.241. The lowest BCUT2D eigenvalue weighted by Gasteiger charge is -2.19. The third-order valence-electron chi connectivity index (χ3n) is 6.34. The smallest absolute Gasteiger partial charge is 0.303 e. The molecule has 1 heterocycles. The van der Waals surface area contributed by atoms with Crippen molar-refractivity contribution in [2.45, 2.75) is 33.2 Å². The van der Waals surface area contributed by atoms with E-state index in [1.165, 1.54) is 5.56 Å². The molecule has 0 unspecified atom stereocenters. The summed E-state index contributed by atoms with van der Waals surface area (Å²) in [6, 6.07) is 21.7. The molecule has 0 atom stereocenters. The number of hydrogen-bond donors (Lipinski definition) is 3. The minimum absolute atomic E-state index is 0.0497. The van der Waals surface area contributed by atoms with E-state index in [-0.39, 0.29) is 12.3 Å². The zero-order valence-electron chi connectivity index (χ0n) is 20.5. The Bertz CT molecular complexity index is 1300. The first-order chi connectivity index (χ1) is 17.4. The van der Waals surface area contributed by atoms with Crippen molar-refractivity contribution in [3.63, 3.8) is 0 Å². The standard InChI is InChI=1S/C29H30BrN3O3/c1-3-33(4-2)18-20-8-12-23(13-9-20)31-28(21-7-5-6-19(16-21)10-15-26(34)35)27-24-14-11-22(30)17-25(24)32-29(27)36/h5-9,11-14,16-17,31H,3-4,10,15,18H2,1-2H3,(H,32,36)(H,34,35). The highest BCUT2D eigenvalue weighted by molar-refractivity contribution is 9.10. The Hall–Kier alpha value is -3.42. The molecular weight excluding hydrogens is 518 g/mol.